The summed E-state index contributed by atoms with van der Waals surface area (Å²) < 4.78 is 59.8. The summed E-state index contributed by atoms with van der Waals surface area (Å²) in [6.07, 6.45) is 2.63. The Hall–Kier alpha value is -3.71. The molecule has 2 aliphatic rings. The molecule has 10 nitrogen and oxygen atoms in total. The lowest BCUT2D eigenvalue weighted by atomic mass is 9.93. The van der Waals surface area contributed by atoms with Crippen LogP contribution in [0.4, 0.5) is 17.6 Å². The summed E-state index contributed by atoms with van der Waals surface area (Å²) in [5.41, 5.74) is 0. The molecule has 1 aliphatic carbocycles. The maximum atomic E-state index is 14.0. The molecule has 0 radical (unpaired) electrons. The zero-order chi connectivity index (χ0) is 29.6. The first-order chi connectivity index (χ1) is 18.9. The molecule has 14 heteroatoms. The third kappa shape index (κ3) is 7.92. The quantitative estimate of drug-likeness (QED) is 0.170. The van der Waals surface area contributed by atoms with Gasteiger partial charge in [0.05, 0.1) is 6.04 Å². The van der Waals surface area contributed by atoms with E-state index in [1.807, 2.05) is 0 Å². The third-order valence-corrected chi connectivity index (χ3v) is 6.79. The lowest BCUT2D eigenvalue weighted by molar-refractivity contribution is -0.141. The van der Waals surface area contributed by atoms with Crippen molar-refractivity contribution >= 4 is 29.4 Å². The van der Waals surface area contributed by atoms with Crippen LogP contribution in [-0.2, 0) is 24.0 Å². The highest BCUT2D eigenvalue weighted by Crippen LogP contribution is 2.27. The van der Waals surface area contributed by atoms with Crippen molar-refractivity contribution in [1.82, 2.24) is 21.3 Å². The van der Waals surface area contributed by atoms with Crippen LogP contribution in [0.2, 0.25) is 0 Å². The Kier molecular flexibility index (Phi) is 10.5. The number of carbonyl (C=O) groups excluding carboxylic acids is 5. The minimum atomic E-state index is -1.85. The highest BCUT2D eigenvalue weighted by atomic mass is 19.2. The minimum absolute atomic E-state index is 0.0172. The highest BCUT2D eigenvalue weighted by molar-refractivity contribution is 6.35. The van der Waals surface area contributed by atoms with Gasteiger partial charge in [-0.3, -0.25) is 24.0 Å². The Morgan fingerprint density at radius 1 is 0.975 bits per heavy atom. The van der Waals surface area contributed by atoms with E-state index in [1.54, 1.807) is 13.8 Å². The predicted molar refractivity (Wildman–Crippen MR) is 132 cm³/mol. The van der Waals surface area contributed by atoms with Gasteiger partial charge in [0.2, 0.25) is 23.4 Å². The smallest absolute Gasteiger partial charge is 0.309 e. The summed E-state index contributed by atoms with van der Waals surface area (Å²) in [7, 11) is 0. The molecule has 4 amide bonds. The second kappa shape index (κ2) is 13.6. The Morgan fingerprint density at radius 2 is 1.62 bits per heavy atom. The average molecular weight is 573 g/mol. The zero-order valence-corrected chi connectivity index (χ0v) is 22.1. The van der Waals surface area contributed by atoms with Crippen molar-refractivity contribution in [1.29, 1.82) is 0 Å². The lowest BCUT2D eigenvalue weighted by Gasteiger charge is -2.27. The van der Waals surface area contributed by atoms with Crippen LogP contribution >= 0.6 is 0 Å². The van der Waals surface area contributed by atoms with Crippen LogP contribution < -0.4 is 26.0 Å². The zero-order valence-electron chi connectivity index (χ0n) is 22.1. The molecule has 220 valence electrons. The third-order valence-electron chi connectivity index (χ3n) is 6.79. The Labute approximate surface area is 228 Å². The predicted octanol–water partition coefficient (Wildman–Crippen LogP) is 1.40. The fourth-order valence-corrected chi connectivity index (χ4v) is 4.35. The van der Waals surface area contributed by atoms with Crippen LogP contribution in [0.15, 0.2) is 6.07 Å². The van der Waals surface area contributed by atoms with Crippen molar-refractivity contribution in [2.24, 2.45) is 11.8 Å². The van der Waals surface area contributed by atoms with Crippen LogP contribution in [0.25, 0.3) is 0 Å². The number of carbonyl (C=O) groups is 5. The molecule has 1 aliphatic heterocycles. The molecule has 3 atom stereocenters. The number of Topliss-reactive ketones (excluding diaryl/α,β-unsaturated/α-hetero) is 1. The van der Waals surface area contributed by atoms with E-state index in [2.05, 4.69) is 21.3 Å². The van der Waals surface area contributed by atoms with Crippen LogP contribution in [0, 0.1) is 35.1 Å². The van der Waals surface area contributed by atoms with Gasteiger partial charge in [0.1, 0.15) is 12.6 Å². The van der Waals surface area contributed by atoms with E-state index in [0.717, 1.165) is 19.3 Å². The van der Waals surface area contributed by atoms with E-state index < -0.39 is 77.1 Å². The van der Waals surface area contributed by atoms with E-state index in [4.69, 9.17) is 4.74 Å². The van der Waals surface area contributed by atoms with Crippen LogP contribution in [0.3, 0.4) is 0 Å². The Balaban J connectivity index is 1.74. The van der Waals surface area contributed by atoms with E-state index in [9.17, 15) is 41.5 Å². The first-order valence-corrected chi connectivity index (χ1v) is 13.0. The van der Waals surface area contributed by atoms with Gasteiger partial charge in [-0.05, 0) is 44.4 Å². The van der Waals surface area contributed by atoms with Gasteiger partial charge in [-0.25, -0.2) is 8.78 Å². The van der Waals surface area contributed by atoms with E-state index in [1.165, 1.54) is 0 Å². The molecule has 4 N–H and O–H groups in total. The van der Waals surface area contributed by atoms with Gasteiger partial charge >= 0.3 is 11.8 Å². The maximum Gasteiger partial charge on any atom is 0.309 e. The van der Waals surface area contributed by atoms with Crippen molar-refractivity contribution in [2.45, 2.75) is 70.5 Å². The van der Waals surface area contributed by atoms with Crippen LogP contribution in [0.5, 0.6) is 5.75 Å². The minimum Gasteiger partial charge on any atom is -0.479 e. The number of ketones is 1. The number of rotatable bonds is 12. The Bertz CT molecular complexity index is 1130. The molecule has 1 saturated heterocycles. The summed E-state index contributed by atoms with van der Waals surface area (Å²) in [5, 5.41) is 9.95. The number of hydrogen-bond acceptors (Lipinski definition) is 6. The normalized spacial score (nSPS) is 18.4. The lowest BCUT2D eigenvalue weighted by Crippen LogP contribution is -2.56. The van der Waals surface area contributed by atoms with Gasteiger partial charge in [0, 0.05) is 24.6 Å². The van der Waals surface area contributed by atoms with E-state index >= 15 is 0 Å². The first-order valence-electron chi connectivity index (χ1n) is 13.0. The Morgan fingerprint density at radius 3 is 2.15 bits per heavy atom. The number of halogens is 4. The first kappa shape index (κ1) is 30.8. The summed E-state index contributed by atoms with van der Waals surface area (Å²) in [4.78, 5) is 63.0. The van der Waals surface area contributed by atoms with Crippen molar-refractivity contribution in [3.63, 3.8) is 0 Å². The van der Waals surface area contributed by atoms with Gasteiger partial charge in [-0.15, -0.1) is 0 Å². The topological polar surface area (TPSA) is 143 Å². The molecule has 3 rings (SSSR count). The molecule has 40 heavy (non-hydrogen) atoms. The molecule has 1 saturated carbocycles. The van der Waals surface area contributed by atoms with Gasteiger partial charge < -0.3 is 26.0 Å². The molecule has 0 spiro atoms. The SMILES string of the molecule is CC(C)C[C@H](NC(=O)C(=O)NC1CCC1)C(=O)N[C@@H](C[C@@H]1CCNC1=O)C(=O)COc1c(F)c(F)cc(F)c1F. The summed E-state index contributed by atoms with van der Waals surface area (Å²) in [6.45, 7) is 2.76. The fourth-order valence-electron chi connectivity index (χ4n) is 4.35. The molecule has 1 aromatic carbocycles. The molecule has 1 heterocycles. The van der Waals surface area contributed by atoms with Gasteiger partial charge in [0.15, 0.2) is 23.2 Å². The molecule has 0 bridgehead atoms. The fraction of sp³-hybridized carbons (Fsp3) is 0.577. The molecular formula is C26H32F4N4O6. The molecule has 0 unspecified atom stereocenters. The van der Waals surface area contributed by atoms with Crippen LogP contribution in [0.1, 0.15) is 52.4 Å². The van der Waals surface area contributed by atoms with Gasteiger partial charge in [-0.2, -0.15) is 8.78 Å². The number of hydrogen-bond donors (Lipinski definition) is 4. The molecule has 0 aromatic heterocycles. The standard InChI is InChI=1S/C26H32F4N4O6/c1-12(2)8-18(34-26(39)25(38)32-14-4-3-5-14)24(37)33-17(9-13-6-7-31-23(13)36)19(35)11-40-22-20(29)15(27)10-16(28)21(22)30/h10,12-14,17-18H,3-9,11H2,1-2H3,(H,31,36)(H,32,38)(H,33,37)(H,34,39)/t13-,17-,18-/m0/s1. The molecule has 1 aromatic rings. The van der Waals surface area contributed by atoms with Crippen LogP contribution in [-0.4, -0.2) is 60.7 Å². The van der Waals surface area contributed by atoms with Crippen molar-refractivity contribution in [3.05, 3.63) is 29.3 Å². The maximum absolute atomic E-state index is 14.0. The molecular weight excluding hydrogens is 540 g/mol. The number of amides is 4. The second-order valence-corrected chi connectivity index (χ2v) is 10.4. The van der Waals surface area contributed by atoms with Crippen molar-refractivity contribution < 1.29 is 46.3 Å². The van der Waals surface area contributed by atoms with Gasteiger partial charge in [0.25, 0.3) is 0 Å². The van der Waals surface area contributed by atoms with Gasteiger partial charge in [-0.1, -0.05) is 13.8 Å². The largest absolute Gasteiger partial charge is 0.479 e. The number of benzene rings is 1. The highest BCUT2D eigenvalue weighted by Gasteiger charge is 2.35. The summed E-state index contributed by atoms with van der Waals surface area (Å²) >= 11 is 0. The van der Waals surface area contributed by atoms with E-state index in [0.29, 0.717) is 13.0 Å². The summed E-state index contributed by atoms with van der Waals surface area (Å²) in [5.74, 6) is -13.5. The van der Waals surface area contributed by atoms with E-state index in [-0.39, 0.29) is 36.8 Å². The van der Waals surface area contributed by atoms with Crippen molar-refractivity contribution in [2.75, 3.05) is 13.2 Å². The molecule has 2 fully saturated rings. The monoisotopic (exact) mass is 572 g/mol. The number of ether oxygens (including phenoxy) is 1. The van der Waals surface area contributed by atoms with Crippen molar-refractivity contribution in [3.8, 4) is 5.75 Å². The average Bonchev–Trinajstić information content (AvgIpc) is 3.27. The summed E-state index contributed by atoms with van der Waals surface area (Å²) in [6, 6.07) is -2.80. The second-order valence-electron chi connectivity index (χ2n) is 10.4. The number of nitrogens with one attached hydrogen (secondary N) is 4.